The first-order valence-corrected chi connectivity index (χ1v) is 7.35. The zero-order valence-corrected chi connectivity index (χ0v) is 11.3. The van der Waals surface area contributed by atoms with Crippen LogP contribution in [0, 0.1) is 5.92 Å². The molecule has 0 bridgehead atoms. The van der Waals surface area contributed by atoms with Crippen molar-refractivity contribution in [3.63, 3.8) is 0 Å². The third-order valence-corrected chi connectivity index (χ3v) is 4.47. The first-order chi connectivity index (χ1) is 9.24. The molecule has 0 saturated carbocycles. The average Bonchev–Trinajstić information content (AvgIpc) is 2.46. The number of hydrogen-bond acceptors (Lipinski definition) is 2. The fraction of sp³-hybridized carbons (Fsp3) is 0.562. The summed E-state index contributed by atoms with van der Waals surface area (Å²) in [5.41, 5.74) is 8.75. The summed E-state index contributed by atoms with van der Waals surface area (Å²) in [4.78, 5) is 14.6. The van der Waals surface area contributed by atoms with Gasteiger partial charge >= 0.3 is 0 Å². The van der Waals surface area contributed by atoms with Gasteiger partial charge in [0.1, 0.15) is 0 Å². The Kier molecular flexibility index (Phi) is 3.56. The second-order valence-electron chi connectivity index (χ2n) is 5.89. The van der Waals surface area contributed by atoms with Crippen molar-refractivity contribution in [2.24, 2.45) is 11.7 Å². The van der Waals surface area contributed by atoms with Gasteiger partial charge in [-0.2, -0.15) is 0 Å². The van der Waals surface area contributed by atoms with Gasteiger partial charge in [-0.3, -0.25) is 4.79 Å². The molecule has 1 fully saturated rings. The van der Waals surface area contributed by atoms with Gasteiger partial charge in [0.15, 0.2) is 0 Å². The van der Waals surface area contributed by atoms with Gasteiger partial charge in [0.05, 0.1) is 0 Å². The van der Waals surface area contributed by atoms with Crippen LogP contribution < -0.4 is 5.73 Å². The molecule has 19 heavy (non-hydrogen) atoms. The average molecular weight is 258 g/mol. The Hall–Kier alpha value is -1.35. The number of carbonyl (C=O) groups excluding carboxylic acids is 1. The Balaban J connectivity index is 1.69. The molecule has 0 spiro atoms. The molecule has 2 unspecified atom stereocenters. The van der Waals surface area contributed by atoms with Crippen LogP contribution in [0.3, 0.4) is 0 Å². The van der Waals surface area contributed by atoms with E-state index in [1.165, 1.54) is 11.1 Å². The van der Waals surface area contributed by atoms with Crippen LogP contribution in [0.1, 0.15) is 30.4 Å². The predicted octanol–water partition coefficient (Wildman–Crippen LogP) is 1.74. The number of amides is 1. The van der Waals surface area contributed by atoms with Crippen molar-refractivity contribution < 1.29 is 4.79 Å². The van der Waals surface area contributed by atoms with Crippen LogP contribution in [0.2, 0.25) is 0 Å². The fourth-order valence-corrected chi connectivity index (χ4v) is 3.38. The Morgan fingerprint density at radius 3 is 2.79 bits per heavy atom. The summed E-state index contributed by atoms with van der Waals surface area (Å²) in [5.74, 6) is 0.491. The van der Waals surface area contributed by atoms with Gasteiger partial charge in [0.25, 0.3) is 0 Å². The summed E-state index contributed by atoms with van der Waals surface area (Å²) < 4.78 is 0. The van der Waals surface area contributed by atoms with Gasteiger partial charge in [0, 0.05) is 25.0 Å². The molecule has 1 aromatic rings. The van der Waals surface area contributed by atoms with E-state index in [9.17, 15) is 4.79 Å². The third-order valence-electron chi connectivity index (χ3n) is 4.47. The van der Waals surface area contributed by atoms with Crippen LogP contribution in [0.5, 0.6) is 0 Å². The van der Waals surface area contributed by atoms with E-state index in [-0.39, 0.29) is 12.0 Å². The van der Waals surface area contributed by atoms with Crippen molar-refractivity contribution >= 4 is 5.91 Å². The van der Waals surface area contributed by atoms with Gasteiger partial charge < -0.3 is 10.6 Å². The molecule has 1 aromatic carbocycles. The summed E-state index contributed by atoms with van der Waals surface area (Å²) in [7, 11) is 0. The van der Waals surface area contributed by atoms with Crippen molar-refractivity contribution in [3.05, 3.63) is 35.4 Å². The second kappa shape index (κ2) is 5.33. The zero-order valence-electron chi connectivity index (χ0n) is 11.3. The number of nitrogens with zero attached hydrogens (tertiary/aromatic N) is 1. The molecule has 3 nitrogen and oxygen atoms in total. The Morgan fingerprint density at radius 2 is 2.00 bits per heavy atom. The molecule has 3 heteroatoms. The quantitative estimate of drug-likeness (QED) is 0.834. The van der Waals surface area contributed by atoms with Crippen LogP contribution in [-0.2, 0) is 17.6 Å². The first-order valence-electron chi connectivity index (χ1n) is 7.35. The second-order valence-corrected chi connectivity index (χ2v) is 5.89. The summed E-state index contributed by atoms with van der Waals surface area (Å²) >= 11 is 0. The number of carbonyl (C=O) groups is 1. The maximum absolute atomic E-state index is 12.6. The zero-order chi connectivity index (χ0) is 13.2. The van der Waals surface area contributed by atoms with E-state index in [2.05, 4.69) is 24.3 Å². The summed E-state index contributed by atoms with van der Waals surface area (Å²) in [6, 6.07) is 8.69. The van der Waals surface area contributed by atoms with Crippen molar-refractivity contribution in [2.75, 3.05) is 13.1 Å². The molecular weight excluding hydrogens is 236 g/mol. The number of nitrogens with two attached hydrogens (primary N) is 1. The largest absolute Gasteiger partial charge is 0.341 e. The smallest absolute Gasteiger partial charge is 0.226 e. The van der Waals surface area contributed by atoms with E-state index in [0.717, 1.165) is 45.2 Å². The molecule has 1 aliphatic carbocycles. The van der Waals surface area contributed by atoms with Crippen LogP contribution in [0.4, 0.5) is 0 Å². The minimum absolute atomic E-state index is 0.167. The molecule has 0 aromatic heterocycles. The van der Waals surface area contributed by atoms with Gasteiger partial charge in [-0.15, -0.1) is 0 Å². The lowest BCUT2D eigenvalue weighted by Gasteiger charge is -2.35. The van der Waals surface area contributed by atoms with Crippen LogP contribution in [-0.4, -0.2) is 29.9 Å². The molecule has 3 rings (SSSR count). The Labute approximate surface area is 114 Å². The predicted molar refractivity (Wildman–Crippen MR) is 75.7 cm³/mol. The molecule has 2 aliphatic rings. The van der Waals surface area contributed by atoms with Crippen molar-refractivity contribution in [3.8, 4) is 0 Å². The number of benzene rings is 1. The third kappa shape index (κ3) is 2.66. The van der Waals surface area contributed by atoms with Gasteiger partial charge in [-0.1, -0.05) is 24.3 Å². The molecule has 0 radical (unpaired) electrons. The van der Waals surface area contributed by atoms with Gasteiger partial charge in [0.2, 0.25) is 5.91 Å². The highest BCUT2D eigenvalue weighted by Crippen LogP contribution is 2.27. The summed E-state index contributed by atoms with van der Waals surface area (Å²) in [6.45, 7) is 1.64. The van der Waals surface area contributed by atoms with E-state index >= 15 is 0 Å². The normalized spacial score (nSPS) is 26.9. The SMILES string of the molecule is NC1CCCN(C(=O)C2CCc3ccccc3C2)C1. The molecule has 1 heterocycles. The van der Waals surface area contributed by atoms with Crippen molar-refractivity contribution in [2.45, 2.75) is 38.1 Å². The lowest BCUT2D eigenvalue weighted by molar-refractivity contribution is -0.137. The Bertz CT molecular complexity index is 472. The van der Waals surface area contributed by atoms with E-state index < -0.39 is 0 Å². The van der Waals surface area contributed by atoms with Crippen molar-refractivity contribution in [1.82, 2.24) is 4.90 Å². The highest BCUT2D eigenvalue weighted by molar-refractivity contribution is 5.79. The maximum atomic E-state index is 12.6. The number of likely N-dealkylation sites (tertiary alicyclic amines) is 1. The number of hydrogen-bond donors (Lipinski definition) is 1. The number of aryl methyl sites for hydroxylation is 1. The van der Waals surface area contributed by atoms with Crippen LogP contribution in [0.15, 0.2) is 24.3 Å². The minimum Gasteiger partial charge on any atom is -0.341 e. The summed E-state index contributed by atoms with van der Waals surface area (Å²) in [6.07, 6.45) is 5.03. The van der Waals surface area contributed by atoms with Crippen LogP contribution in [0.25, 0.3) is 0 Å². The highest BCUT2D eigenvalue weighted by atomic mass is 16.2. The van der Waals surface area contributed by atoms with Gasteiger partial charge in [-0.05, 0) is 43.2 Å². The fourth-order valence-electron chi connectivity index (χ4n) is 3.38. The van der Waals surface area contributed by atoms with E-state index in [1.54, 1.807) is 0 Å². The molecule has 2 N–H and O–H groups in total. The summed E-state index contributed by atoms with van der Waals surface area (Å²) in [5, 5.41) is 0. The highest BCUT2D eigenvalue weighted by Gasteiger charge is 2.30. The number of piperidine rings is 1. The molecule has 1 amide bonds. The molecule has 1 saturated heterocycles. The molecule has 1 aliphatic heterocycles. The van der Waals surface area contributed by atoms with E-state index in [4.69, 9.17) is 5.73 Å². The lowest BCUT2D eigenvalue weighted by atomic mass is 9.83. The maximum Gasteiger partial charge on any atom is 0.226 e. The molecule has 2 atom stereocenters. The molecular formula is C16H22N2O. The van der Waals surface area contributed by atoms with Crippen LogP contribution >= 0.6 is 0 Å². The standard InChI is InChI=1S/C16H22N2O/c17-15-6-3-9-18(11-15)16(19)14-8-7-12-4-1-2-5-13(12)10-14/h1-2,4-5,14-15H,3,6-11,17H2. The minimum atomic E-state index is 0.167. The van der Waals surface area contributed by atoms with E-state index in [0.29, 0.717) is 5.91 Å². The molecule has 102 valence electrons. The monoisotopic (exact) mass is 258 g/mol. The lowest BCUT2D eigenvalue weighted by Crippen LogP contribution is -2.48. The number of fused-ring (bicyclic) bond motifs is 1. The van der Waals surface area contributed by atoms with Gasteiger partial charge in [-0.25, -0.2) is 0 Å². The van der Waals surface area contributed by atoms with E-state index in [1.807, 2.05) is 4.90 Å². The topological polar surface area (TPSA) is 46.3 Å². The first kappa shape index (κ1) is 12.7. The van der Waals surface area contributed by atoms with Crippen molar-refractivity contribution in [1.29, 1.82) is 0 Å². The Morgan fingerprint density at radius 1 is 1.21 bits per heavy atom. The number of rotatable bonds is 1.